The molecule has 0 saturated heterocycles. The smallest absolute Gasteiger partial charge is 0.313 e. The minimum atomic E-state index is -0.695. The second kappa shape index (κ2) is 15.4. The number of aliphatic carboxylic acids is 1. The number of carbonyl (C=O) groups is 1. The Morgan fingerprint density at radius 2 is 1.50 bits per heavy atom. The van der Waals surface area contributed by atoms with E-state index in [0.29, 0.717) is 0 Å². The third-order valence-corrected chi connectivity index (χ3v) is 3.40. The molecule has 0 unspecified atom stereocenters. The van der Waals surface area contributed by atoms with Crippen molar-refractivity contribution in [1.29, 1.82) is 0 Å². The van der Waals surface area contributed by atoms with Gasteiger partial charge in [0.1, 0.15) is 0 Å². The maximum Gasteiger partial charge on any atom is 0.313 e. The summed E-state index contributed by atoms with van der Waals surface area (Å²) in [5, 5.41) is 8.42. The summed E-state index contributed by atoms with van der Waals surface area (Å²) in [7, 11) is 0. The van der Waals surface area contributed by atoms with Crippen LogP contribution in [0.5, 0.6) is 0 Å². The van der Waals surface area contributed by atoms with Gasteiger partial charge in [0.05, 0.1) is 5.75 Å². The first-order valence-corrected chi connectivity index (χ1v) is 7.22. The molecule has 0 aromatic rings. The van der Waals surface area contributed by atoms with E-state index >= 15 is 0 Å². The summed E-state index contributed by atoms with van der Waals surface area (Å²) in [5.41, 5.74) is 0. The molecule has 0 amide bonds. The molecule has 2 nitrogen and oxygen atoms in total. The van der Waals surface area contributed by atoms with E-state index in [0.717, 1.165) is 5.75 Å². The molecule has 0 atom stereocenters. The van der Waals surface area contributed by atoms with Gasteiger partial charge in [0.25, 0.3) is 0 Å². The molecule has 16 heavy (non-hydrogen) atoms. The molecule has 0 aromatic carbocycles. The fourth-order valence-corrected chi connectivity index (χ4v) is 2.22. The third-order valence-electron chi connectivity index (χ3n) is 2.37. The van der Waals surface area contributed by atoms with Crippen LogP contribution in [0.4, 0.5) is 0 Å². The van der Waals surface area contributed by atoms with Gasteiger partial charge in [0.15, 0.2) is 0 Å². The van der Waals surface area contributed by atoms with Crippen LogP contribution in [0.15, 0.2) is 0 Å². The molecule has 0 heterocycles. The van der Waals surface area contributed by atoms with Crippen molar-refractivity contribution in [3.63, 3.8) is 0 Å². The van der Waals surface area contributed by atoms with E-state index in [4.69, 9.17) is 5.11 Å². The van der Waals surface area contributed by atoms with Crippen LogP contribution in [0, 0.1) is 0 Å². The van der Waals surface area contributed by atoms with Gasteiger partial charge < -0.3 is 5.11 Å². The number of hydrogen-bond acceptors (Lipinski definition) is 2. The van der Waals surface area contributed by atoms with Crippen molar-refractivity contribution in [2.24, 2.45) is 0 Å². The van der Waals surface area contributed by atoms with E-state index < -0.39 is 5.97 Å². The van der Waals surface area contributed by atoms with Gasteiger partial charge in [-0.25, -0.2) is 0 Å². The summed E-state index contributed by atoms with van der Waals surface area (Å²) in [6, 6.07) is 0. The number of carboxylic acids is 1. The normalized spacial score (nSPS) is 9.81. The van der Waals surface area contributed by atoms with Crippen LogP contribution in [-0.4, -0.2) is 22.6 Å². The minimum absolute atomic E-state index is 0. The van der Waals surface area contributed by atoms with Gasteiger partial charge in [-0.15, -0.1) is 0 Å². The number of unbranched alkanes of at least 4 members (excludes halogenated alkanes) is 7. The molecule has 0 aliphatic rings. The topological polar surface area (TPSA) is 37.3 Å². The number of carboxylic acid groups (broad SMARTS) is 1. The zero-order valence-corrected chi connectivity index (χ0v) is 14.3. The van der Waals surface area contributed by atoms with Crippen molar-refractivity contribution in [3.05, 3.63) is 0 Å². The maximum absolute atomic E-state index is 10.2. The molecule has 0 aliphatic heterocycles. The summed E-state index contributed by atoms with van der Waals surface area (Å²) < 4.78 is 0. The zero-order valence-electron chi connectivity index (χ0n) is 10.5. The molecule has 4 heteroatoms. The Morgan fingerprint density at radius 1 is 1.00 bits per heavy atom. The van der Waals surface area contributed by atoms with Crippen LogP contribution in [0.2, 0.25) is 0 Å². The van der Waals surface area contributed by atoms with Crippen molar-refractivity contribution in [3.8, 4) is 0 Å². The molecule has 0 fully saturated rings. The Hall–Kier alpha value is 0.443. The molecule has 0 radical (unpaired) electrons. The maximum atomic E-state index is 10.2. The van der Waals surface area contributed by atoms with E-state index in [1.54, 1.807) is 0 Å². The fraction of sp³-hybridized carbons (Fsp3) is 0.917. The van der Waals surface area contributed by atoms with Crippen LogP contribution in [0.3, 0.4) is 0 Å². The fourth-order valence-electron chi connectivity index (χ4n) is 1.50. The number of thioether (sulfide) groups is 1. The Bertz CT molecular complexity index is 154. The summed E-state index contributed by atoms with van der Waals surface area (Å²) in [5.74, 6) is 0.567. The van der Waals surface area contributed by atoms with Gasteiger partial charge in [-0.1, -0.05) is 51.9 Å². The van der Waals surface area contributed by atoms with E-state index in [1.807, 2.05) is 0 Å². The summed E-state index contributed by atoms with van der Waals surface area (Å²) >= 11 is 1.53. The van der Waals surface area contributed by atoms with Crippen LogP contribution in [0.1, 0.15) is 58.3 Å². The third kappa shape index (κ3) is 16.9. The summed E-state index contributed by atoms with van der Waals surface area (Å²) in [4.78, 5) is 10.2. The van der Waals surface area contributed by atoms with Crippen LogP contribution < -0.4 is 0 Å². The van der Waals surface area contributed by atoms with Crippen molar-refractivity contribution in [1.82, 2.24) is 0 Å². The molecule has 0 rings (SSSR count). The summed E-state index contributed by atoms with van der Waals surface area (Å²) in [6.07, 6.45) is 10.5. The van der Waals surface area contributed by atoms with E-state index in [1.165, 1.54) is 63.1 Å². The van der Waals surface area contributed by atoms with Crippen molar-refractivity contribution in [2.45, 2.75) is 58.3 Å². The first-order chi connectivity index (χ1) is 7.27. The molecule has 0 aliphatic carbocycles. The molecule has 92 valence electrons. The Morgan fingerprint density at radius 3 is 2.00 bits per heavy atom. The Kier molecular flexibility index (Phi) is 18.1. The number of hydrogen-bond donors (Lipinski definition) is 1. The van der Waals surface area contributed by atoms with Crippen molar-refractivity contribution >= 4 is 17.7 Å². The van der Waals surface area contributed by atoms with Gasteiger partial charge in [-0.05, 0) is 12.2 Å². The molecule has 0 aromatic heterocycles. The first-order valence-electron chi connectivity index (χ1n) is 6.07. The molecule has 0 spiro atoms. The standard InChI is InChI=1S/C12H24O2S.Zn/c1-2-3-4-5-6-7-8-9-10-15-11-12(13)14;/h2-11H2,1H3,(H,13,14);. The molecule has 1 N–H and O–H groups in total. The zero-order chi connectivity index (χ0) is 11.4. The quantitative estimate of drug-likeness (QED) is 0.463. The predicted octanol–water partition coefficient (Wildman–Crippen LogP) is 3.94. The van der Waals surface area contributed by atoms with Gasteiger partial charge in [0.2, 0.25) is 0 Å². The molecule has 0 bridgehead atoms. The monoisotopic (exact) mass is 296 g/mol. The number of rotatable bonds is 11. The van der Waals surface area contributed by atoms with E-state index in [9.17, 15) is 4.79 Å². The summed E-state index contributed by atoms with van der Waals surface area (Å²) in [6.45, 7) is 2.24. The van der Waals surface area contributed by atoms with Crippen LogP contribution in [0.25, 0.3) is 0 Å². The van der Waals surface area contributed by atoms with Gasteiger partial charge in [0, 0.05) is 19.5 Å². The van der Waals surface area contributed by atoms with Gasteiger partial charge in [-0.2, -0.15) is 11.8 Å². The van der Waals surface area contributed by atoms with Crippen LogP contribution >= 0.6 is 11.8 Å². The average Bonchev–Trinajstić information content (AvgIpc) is 2.20. The predicted molar refractivity (Wildman–Crippen MR) is 67.6 cm³/mol. The molecular formula is C12H24O2SZn. The second-order valence-corrected chi connectivity index (χ2v) is 5.03. The first kappa shape index (κ1) is 18.8. The average molecular weight is 298 g/mol. The Balaban J connectivity index is 0. The second-order valence-electron chi connectivity index (χ2n) is 3.92. The SMILES string of the molecule is CCCCCCCCCCSCC(=O)O.[Zn]. The van der Waals surface area contributed by atoms with Gasteiger partial charge >= 0.3 is 5.97 Å². The minimum Gasteiger partial charge on any atom is -0.481 e. The van der Waals surface area contributed by atoms with E-state index in [-0.39, 0.29) is 25.2 Å². The van der Waals surface area contributed by atoms with Crippen molar-refractivity contribution in [2.75, 3.05) is 11.5 Å². The largest absolute Gasteiger partial charge is 0.481 e. The van der Waals surface area contributed by atoms with Crippen molar-refractivity contribution < 1.29 is 29.4 Å². The Labute approximate surface area is 117 Å². The molecular weight excluding hydrogens is 274 g/mol. The molecule has 0 saturated carbocycles. The van der Waals surface area contributed by atoms with Crippen LogP contribution in [-0.2, 0) is 24.3 Å². The van der Waals surface area contributed by atoms with E-state index in [2.05, 4.69) is 6.92 Å². The van der Waals surface area contributed by atoms with Gasteiger partial charge in [-0.3, -0.25) is 4.79 Å².